The van der Waals surface area contributed by atoms with Gasteiger partial charge in [0.2, 0.25) is 0 Å². The highest BCUT2D eigenvalue weighted by Crippen LogP contribution is 2.42. The molecule has 0 spiro atoms. The van der Waals surface area contributed by atoms with Crippen LogP contribution in [-0.4, -0.2) is 9.81 Å². The summed E-state index contributed by atoms with van der Waals surface area (Å²) in [5, 5.41) is 3.86. The lowest BCUT2D eigenvalue weighted by atomic mass is 9.97. The molecule has 2 aromatic heterocycles. The van der Waals surface area contributed by atoms with E-state index in [2.05, 4.69) is 82.7 Å². The quantitative estimate of drug-likeness (QED) is 0.328. The van der Waals surface area contributed by atoms with Crippen LogP contribution >= 0.6 is 27.3 Å². The van der Waals surface area contributed by atoms with Gasteiger partial charge in [0, 0.05) is 30.4 Å². The highest BCUT2D eigenvalue weighted by Gasteiger charge is 2.19. The van der Waals surface area contributed by atoms with Crippen LogP contribution in [0, 0.1) is 0 Å². The lowest BCUT2D eigenvalue weighted by Crippen LogP contribution is -2.01. The topological polar surface area (TPSA) is 12.9 Å². The maximum Gasteiger partial charge on any atom is 0.0762 e. The normalized spacial score (nSPS) is 17.7. The number of rotatable bonds is 1. The second-order valence-corrected chi connectivity index (χ2v) is 8.31. The van der Waals surface area contributed by atoms with Crippen LogP contribution in [0.2, 0.25) is 0 Å². The molecule has 0 bridgehead atoms. The lowest BCUT2D eigenvalue weighted by molar-refractivity contribution is 1.08. The molecule has 1 aliphatic carbocycles. The number of aromatic nitrogens is 1. The Balaban J connectivity index is 1.97. The van der Waals surface area contributed by atoms with Gasteiger partial charge in [-0.1, -0.05) is 70.6 Å². The highest BCUT2D eigenvalue weighted by atomic mass is 79.9. The number of halogens is 1. The van der Waals surface area contributed by atoms with Crippen LogP contribution in [0.5, 0.6) is 0 Å². The van der Waals surface area contributed by atoms with Gasteiger partial charge in [-0.25, -0.2) is 4.98 Å². The van der Waals surface area contributed by atoms with E-state index in [0.29, 0.717) is 4.83 Å². The monoisotopic (exact) mass is 391 g/mol. The zero-order valence-corrected chi connectivity index (χ0v) is 15.3. The average Bonchev–Trinajstić information content (AvgIpc) is 3.01. The molecule has 0 fully saturated rings. The van der Waals surface area contributed by atoms with Crippen molar-refractivity contribution in [1.29, 1.82) is 0 Å². The fourth-order valence-electron chi connectivity index (χ4n) is 3.46. The first-order valence-electron chi connectivity index (χ1n) is 8.03. The number of nitrogens with zero attached hydrogens (tertiary/aromatic N) is 1. The molecule has 0 aliphatic heterocycles. The van der Waals surface area contributed by atoms with E-state index in [9.17, 15) is 0 Å². The number of fused-ring (bicyclic) bond motifs is 5. The molecule has 2 aromatic carbocycles. The van der Waals surface area contributed by atoms with Gasteiger partial charge in [-0.3, -0.25) is 0 Å². The van der Waals surface area contributed by atoms with Gasteiger partial charge in [0.15, 0.2) is 0 Å². The minimum absolute atomic E-state index is 0.380. The number of alkyl halides is 1. The Kier molecular flexibility index (Phi) is 3.32. The predicted molar refractivity (Wildman–Crippen MR) is 109 cm³/mol. The minimum Gasteiger partial charge on any atom is -0.247 e. The van der Waals surface area contributed by atoms with E-state index in [-0.39, 0.29) is 0 Å². The van der Waals surface area contributed by atoms with Gasteiger partial charge >= 0.3 is 0 Å². The van der Waals surface area contributed by atoms with E-state index in [4.69, 9.17) is 4.98 Å². The Morgan fingerprint density at radius 1 is 1.00 bits per heavy atom. The van der Waals surface area contributed by atoms with Gasteiger partial charge in [-0.15, -0.1) is 11.3 Å². The van der Waals surface area contributed by atoms with Gasteiger partial charge in [0.05, 0.1) is 11.2 Å². The first-order valence-corrected chi connectivity index (χ1v) is 9.76. The summed E-state index contributed by atoms with van der Waals surface area (Å²) in [6, 6.07) is 17.1. The number of benzene rings is 2. The number of para-hydroxylation sites is 1. The summed E-state index contributed by atoms with van der Waals surface area (Å²) in [7, 11) is 0. The Morgan fingerprint density at radius 2 is 1.79 bits per heavy atom. The Bertz CT molecular complexity index is 1150. The second-order valence-electron chi connectivity index (χ2n) is 6.08. The standard InChI is InChI=1S/C21H14BrNS/c22-14-7-5-6-13(12-14)20-19-16-9-2-4-11-18(16)24-21(19)15-8-1-3-10-17(15)23-20/h1-11,14H,12H2. The van der Waals surface area contributed by atoms with Crippen LogP contribution in [0.1, 0.15) is 12.1 Å². The van der Waals surface area contributed by atoms with E-state index >= 15 is 0 Å². The molecule has 1 aliphatic rings. The molecule has 116 valence electrons. The zero-order valence-electron chi connectivity index (χ0n) is 12.9. The van der Waals surface area contributed by atoms with Crippen molar-refractivity contribution >= 4 is 63.9 Å². The van der Waals surface area contributed by atoms with Crippen molar-refractivity contribution in [3.63, 3.8) is 0 Å². The molecule has 0 saturated carbocycles. The number of hydrogen-bond acceptors (Lipinski definition) is 2. The van der Waals surface area contributed by atoms with E-state index in [0.717, 1.165) is 17.6 Å². The molecular weight excluding hydrogens is 378 g/mol. The first-order chi connectivity index (χ1) is 11.8. The van der Waals surface area contributed by atoms with Crippen LogP contribution in [-0.2, 0) is 0 Å². The van der Waals surface area contributed by atoms with Crippen molar-refractivity contribution < 1.29 is 0 Å². The fraction of sp³-hybridized carbons (Fsp3) is 0.0952. The smallest absolute Gasteiger partial charge is 0.0762 e. The van der Waals surface area contributed by atoms with Gasteiger partial charge in [-0.05, 0) is 24.1 Å². The molecule has 24 heavy (non-hydrogen) atoms. The molecule has 3 heteroatoms. The van der Waals surface area contributed by atoms with Gasteiger partial charge in [0.1, 0.15) is 0 Å². The SMILES string of the molecule is BrC1C=CC=C(c2nc3ccccc3c3sc4ccccc4c23)C1. The highest BCUT2D eigenvalue weighted by molar-refractivity contribution is 9.09. The summed E-state index contributed by atoms with van der Waals surface area (Å²) in [6.45, 7) is 0. The first kappa shape index (κ1) is 14.4. The molecule has 5 rings (SSSR count). The molecule has 0 N–H and O–H groups in total. The van der Waals surface area contributed by atoms with Gasteiger partial charge in [-0.2, -0.15) is 0 Å². The largest absolute Gasteiger partial charge is 0.247 e. The van der Waals surface area contributed by atoms with Crippen LogP contribution in [0.25, 0.3) is 36.6 Å². The summed E-state index contributed by atoms with van der Waals surface area (Å²) in [4.78, 5) is 5.45. The van der Waals surface area contributed by atoms with E-state index in [1.807, 2.05) is 11.3 Å². The molecule has 0 radical (unpaired) electrons. The Hall–Kier alpha value is -1.97. The molecular formula is C21H14BrNS. The molecule has 1 atom stereocenters. The summed E-state index contributed by atoms with van der Waals surface area (Å²) in [6.07, 6.45) is 7.50. The third-order valence-corrected chi connectivity index (χ3v) is 6.38. The average molecular weight is 392 g/mol. The fourth-order valence-corrected chi connectivity index (χ4v) is 5.22. The maximum absolute atomic E-state index is 5.07. The van der Waals surface area contributed by atoms with Crippen LogP contribution in [0.4, 0.5) is 0 Å². The van der Waals surface area contributed by atoms with E-state index in [1.165, 1.54) is 31.1 Å². The van der Waals surface area contributed by atoms with Crippen LogP contribution < -0.4 is 0 Å². The lowest BCUT2D eigenvalue weighted by Gasteiger charge is -2.15. The molecule has 1 nitrogen and oxygen atoms in total. The summed E-state index contributed by atoms with van der Waals surface area (Å²) in [5.74, 6) is 0. The molecule has 2 heterocycles. The number of hydrogen-bond donors (Lipinski definition) is 0. The second kappa shape index (κ2) is 5.54. The molecule has 1 unspecified atom stereocenters. The Morgan fingerprint density at radius 3 is 2.67 bits per heavy atom. The number of pyridine rings is 1. The summed E-state index contributed by atoms with van der Waals surface area (Å²) < 4.78 is 2.67. The third-order valence-electron chi connectivity index (χ3n) is 4.55. The summed E-state index contributed by atoms with van der Waals surface area (Å²) >= 11 is 5.60. The maximum atomic E-state index is 5.07. The van der Waals surface area contributed by atoms with Crippen molar-refractivity contribution in [2.45, 2.75) is 11.2 Å². The predicted octanol–water partition coefficient (Wildman–Crippen LogP) is 6.71. The molecule has 4 aromatic rings. The van der Waals surface area contributed by atoms with Gasteiger partial charge in [0.25, 0.3) is 0 Å². The van der Waals surface area contributed by atoms with Crippen LogP contribution in [0.15, 0.2) is 66.8 Å². The Labute approximate surface area is 152 Å². The summed E-state index contributed by atoms with van der Waals surface area (Å²) in [5.41, 5.74) is 3.52. The van der Waals surface area contributed by atoms with Crippen molar-refractivity contribution in [2.24, 2.45) is 0 Å². The van der Waals surface area contributed by atoms with Crippen molar-refractivity contribution in [1.82, 2.24) is 4.98 Å². The van der Waals surface area contributed by atoms with E-state index < -0.39 is 0 Å². The zero-order chi connectivity index (χ0) is 16.1. The molecule has 0 amide bonds. The van der Waals surface area contributed by atoms with Crippen molar-refractivity contribution in [3.05, 3.63) is 72.5 Å². The van der Waals surface area contributed by atoms with Gasteiger partial charge < -0.3 is 0 Å². The van der Waals surface area contributed by atoms with E-state index in [1.54, 1.807) is 0 Å². The third kappa shape index (κ3) is 2.15. The van der Waals surface area contributed by atoms with Crippen LogP contribution in [0.3, 0.4) is 0 Å². The van der Waals surface area contributed by atoms with Crippen molar-refractivity contribution in [3.8, 4) is 0 Å². The minimum atomic E-state index is 0.380. The number of thiophene rings is 1. The molecule has 0 saturated heterocycles. The van der Waals surface area contributed by atoms with Crippen molar-refractivity contribution in [2.75, 3.05) is 0 Å². The number of allylic oxidation sites excluding steroid dienone is 4.